The Hall–Kier alpha value is -3.65. The first-order valence-corrected chi connectivity index (χ1v) is 12.6. The highest BCUT2D eigenvalue weighted by molar-refractivity contribution is 6.05. The second-order valence-electron chi connectivity index (χ2n) is 10.4. The maximum atomic E-state index is 12.5. The Morgan fingerprint density at radius 3 is 2.30 bits per heavy atom. The third-order valence-electron chi connectivity index (χ3n) is 6.34. The van der Waals surface area contributed by atoms with Crippen molar-refractivity contribution in [2.24, 2.45) is 0 Å². The van der Waals surface area contributed by atoms with Crippen LogP contribution in [0.25, 0.3) is 6.08 Å². The average Bonchev–Trinajstić information content (AvgIpc) is 3.23. The van der Waals surface area contributed by atoms with Crippen molar-refractivity contribution in [3.63, 3.8) is 0 Å². The van der Waals surface area contributed by atoms with Crippen molar-refractivity contribution in [2.75, 3.05) is 24.2 Å². The number of amides is 2. The molecule has 1 saturated heterocycles. The van der Waals surface area contributed by atoms with Crippen molar-refractivity contribution in [3.05, 3.63) is 65.7 Å². The van der Waals surface area contributed by atoms with Gasteiger partial charge in [0.15, 0.2) is 0 Å². The van der Waals surface area contributed by atoms with E-state index in [0.717, 1.165) is 30.5 Å². The molecule has 1 aliphatic heterocycles. The lowest BCUT2D eigenvalue weighted by Gasteiger charge is -2.21. The van der Waals surface area contributed by atoms with Crippen LogP contribution < -0.4 is 10.6 Å². The van der Waals surface area contributed by atoms with Crippen LogP contribution in [0.5, 0.6) is 0 Å². The topological polar surface area (TPSA) is 108 Å². The Labute approximate surface area is 218 Å². The minimum Gasteiger partial charge on any atom is -0.481 e. The van der Waals surface area contributed by atoms with Crippen molar-refractivity contribution in [1.82, 2.24) is 4.90 Å². The van der Waals surface area contributed by atoms with Crippen LogP contribution in [0.1, 0.15) is 63.5 Å². The second kappa shape index (κ2) is 12.5. The van der Waals surface area contributed by atoms with Crippen molar-refractivity contribution in [1.29, 1.82) is 0 Å². The van der Waals surface area contributed by atoms with Crippen LogP contribution in [-0.4, -0.2) is 53.2 Å². The quantitative estimate of drug-likeness (QED) is 0.374. The number of aliphatic carboxylic acids is 1. The van der Waals surface area contributed by atoms with Gasteiger partial charge < -0.3 is 20.1 Å². The fourth-order valence-corrected chi connectivity index (χ4v) is 4.44. The molecule has 0 saturated carbocycles. The van der Waals surface area contributed by atoms with Crippen LogP contribution in [0.4, 0.5) is 16.2 Å². The number of benzene rings is 2. The number of nitrogens with zero attached hydrogens (tertiary/aromatic N) is 1. The summed E-state index contributed by atoms with van der Waals surface area (Å²) in [5.41, 5.74) is 1.76. The number of carboxylic acids is 1. The molecule has 8 nitrogen and oxygen atoms in total. The molecule has 2 aromatic carbocycles. The Balaban J connectivity index is 1.59. The lowest BCUT2D eigenvalue weighted by molar-refractivity contribution is -0.139. The Morgan fingerprint density at radius 2 is 1.73 bits per heavy atom. The number of hydrogen-bond acceptors (Lipinski definition) is 5. The zero-order valence-corrected chi connectivity index (χ0v) is 22.0. The number of carbonyl (C=O) groups is 3. The maximum absolute atomic E-state index is 12.5. The van der Waals surface area contributed by atoms with E-state index in [9.17, 15) is 19.5 Å². The number of ether oxygens (including phenoxy) is 1. The smallest absolute Gasteiger partial charge is 0.412 e. The van der Waals surface area contributed by atoms with Gasteiger partial charge in [-0.15, -0.1) is 0 Å². The lowest BCUT2D eigenvalue weighted by atomic mass is 9.91. The standard InChI is InChI=1S/C29H37N3O5/c1-29(2,3)37-28(36)31-25-10-6-5-9-24(25)30-26(33)18-13-20-11-14-21(15-12-20)23(27(34)35)17-16-22-8-7-19-32(22)4/h5-6,9-15,18,22-23H,7-8,16-17,19H2,1-4H3,(H,30,33)(H,31,36)(H,34,35). The number of carbonyl (C=O) groups excluding carboxylic acids is 2. The van der Waals surface area contributed by atoms with Crippen LogP contribution in [0.2, 0.25) is 0 Å². The number of hydrogen-bond donors (Lipinski definition) is 3. The number of para-hydroxylation sites is 2. The summed E-state index contributed by atoms with van der Waals surface area (Å²) in [7, 11) is 2.10. The first-order chi connectivity index (χ1) is 17.5. The molecule has 1 aliphatic rings. The molecule has 0 spiro atoms. The van der Waals surface area contributed by atoms with Gasteiger partial charge in [0.2, 0.25) is 5.91 Å². The highest BCUT2D eigenvalue weighted by Gasteiger charge is 2.25. The van der Waals surface area contributed by atoms with Crippen molar-refractivity contribution < 1.29 is 24.2 Å². The van der Waals surface area contributed by atoms with Gasteiger partial charge in [0.25, 0.3) is 0 Å². The minimum absolute atomic E-state index is 0.369. The summed E-state index contributed by atoms with van der Waals surface area (Å²) in [4.78, 5) is 38.9. The minimum atomic E-state index is -0.818. The highest BCUT2D eigenvalue weighted by atomic mass is 16.6. The maximum Gasteiger partial charge on any atom is 0.412 e. The van der Waals surface area contributed by atoms with E-state index in [1.54, 1.807) is 51.1 Å². The van der Waals surface area contributed by atoms with Gasteiger partial charge in [0.1, 0.15) is 5.60 Å². The molecular weight excluding hydrogens is 470 g/mol. The zero-order valence-electron chi connectivity index (χ0n) is 22.0. The molecule has 37 heavy (non-hydrogen) atoms. The molecule has 2 amide bonds. The number of likely N-dealkylation sites (tertiary alicyclic amines) is 1. The molecule has 3 rings (SSSR count). The molecule has 0 aromatic heterocycles. The normalized spacial score (nSPS) is 16.9. The van der Waals surface area contributed by atoms with Crippen LogP contribution in [0, 0.1) is 0 Å². The molecule has 8 heteroatoms. The van der Waals surface area contributed by atoms with E-state index in [1.165, 1.54) is 12.5 Å². The second-order valence-corrected chi connectivity index (χ2v) is 10.4. The first kappa shape index (κ1) is 27.9. The molecule has 1 heterocycles. The molecule has 2 aromatic rings. The Kier molecular flexibility index (Phi) is 9.47. The fraction of sp³-hybridized carbons (Fsp3) is 0.414. The predicted molar refractivity (Wildman–Crippen MR) is 146 cm³/mol. The molecule has 2 atom stereocenters. The van der Waals surface area contributed by atoms with Crippen LogP contribution in [-0.2, 0) is 14.3 Å². The number of nitrogens with one attached hydrogen (secondary N) is 2. The zero-order chi connectivity index (χ0) is 27.0. The summed E-state index contributed by atoms with van der Waals surface area (Å²) in [5.74, 6) is -1.74. The number of rotatable bonds is 9. The van der Waals surface area contributed by atoms with E-state index in [2.05, 4.69) is 22.6 Å². The molecule has 2 unspecified atom stereocenters. The van der Waals surface area contributed by atoms with Crippen LogP contribution in [0.15, 0.2) is 54.6 Å². The van der Waals surface area contributed by atoms with Crippen molar-refractivity contribution in [2.45, 2.75) is 64.0 Å². The summed E-state index contributed by atoms with van der Waals surface area (Å²) in [6, 6.07) is 14.6. The van der Waals surface area contributed by atoms with Gasteiger partial charge in [0, 0.05) is 12.1 Å². The molecule has 3 N–H and O–H groups in total. The van der Waals surface area contributed by atoms with Gasteiger partial charge >= 0.3 is 12.1 Å². The Bertz CT molecular complexity index is 1120. The van der Waals surface area contributed by atoms with E-state index >= 15 is 0 Å². The van der Waals surface area contributed by atoms with Gasteiger partial charge in [-0.25, -0.2) is 4.79 Å². The number of anilines is 2. The molecule has 0 aliphatic carbocycles. The molecule has 1 fully saturated rings. The molecule has 0 radical (unpaired) electrons. The lowest BCUT2D eigenvalue weighted by Crippen LogP contribution is -2.27. The van der Waals surface area contributed by atoms with Gasteiger partial charge in [-0.1, -0.05) is 36.4 Å². The van der Waals surface area contributed by atoms with Crippen molar-refractivity contribution >= 4 is 35.4 Å². The van der Waals surface area contributed by atoms with Crippen LogP contribution >= 0.6 is 0 Å². The first-order valence-electron chi connectivity index (χ1n) is 12.6. The molecule has 198 valence electrons. The largest absolute Gasteiger partial charge is 0.481 e. The average molecular weight is 508 g/mol. The number of carboxylic acid groups (broad SMARTS) is 1. The molecule has 0 bridgehead atoms. The third kappa shape index (κ3) is 8.75. The van der Waals surface area contributed by atoms with Gasteiger partial charge in [-0.05, 0) is 89.4 Å². The van der Waals surface area contributed by atoms with E-state index in [4.69, 9.17) is 4.74 Å². The van der Waals surface area contributed by atoms with E-state index in [0.29, 0.717) is 23.8 Å². The van der Waals surface area contributed by atoms with E-state index in [1.807, 2.05) is 24.3 Å². The van der Waals surface area contributed by atoms with Crippen molar-refractivity contribution in [3.8, 4) is 0 Å². The molecular formula is C29H37N3O5. The fourth-order valence-electron chi connectivity index (χ4n) is 4.44. The van der Waals surface area contributed by atoms with Gasteiger partial charge in [-0.2, -0.15) is 0 Å². The predicted octanol–water partition coefficient (Wildman–Crippen LogP) is 5.73. The Morgan fingerprint density at radius 1 is 1.08 bits per heavy atom. The third-order valence-corrected chi connectivity index (χ3v) is 6.34. The summed E-state index contributed by atoms with van der Waals surface area (Å²) >= 11 is 0. The van der Waals surface area contributed by atoms with Gasteiger partial charge in [0.05, 0.1) is 17.3 Å². The van der Waals surface area contributed by atoms with Crippen LogP contribution in [0.3, 0.4) is 0 Å². The van der Waals surface area contributed by atoms with E-state index in [-0.39, 0.29) is 5.91 Å². The summed E-state index contributed by atoms with van der Waals surface area (Å²) in [5, 5.41) is 15.2. The SMILES string of the molecule is CN1CCCC1CCC(C(=O)O)c1ccc(C=CC(=O)Nc2ccccc2NC(=O)OC(C)(C)C)cc1. The monoisotopic (exact) mass is 507 g/mol. The van der Waals surface area contributed by atoms with Gasteiger partial charge in [-0.3, -0.25) is 14.9 Å². The summed E-state index contributed by atoms with van der Waals surface area (Å²) in [6.07, 6.45) is 6.18. The summed E-state index contributed by atoms with van der Waals surface area (Å²) in [6.45, 7) is 6.39. The van der Waals surface area contributed by atoms with E-state index < -0.39 is 23.6 Å². The highest BCUT2D eigenvalue weighted by Crippen LogP contribution is 2.27. The summed E-state index contributed by atoms with van der Waals surface area (Å²) < 4.78 is 5.28.